The number of anilines is 1. The molecule has 3 heterocycles. The fourth-order valence-corrected chi connectivity index (χ4v) is 3.95. The van der Waals surface area contributed by atoms with Gasteiger partial charge in [0, 0.05) is 63.2 Å². The summed E-state index contributed by atoms with van der Waals surface area (Å²) < 4.78 is 4.96. The molecule has 2 aromatic rings. The van der Waals surface area contributed by atoms with Crippen LogP contribution in [0.5, 0.6) is 0 Å². The van der Waals surface area contributed by atoms with Crippen molar-refractivity contribution < 1.29 is 9.53 Å². The zero-order chi connectivity index (χ0) is 17.9. The van der Waals surface area contributed by atoms with Gasteiger partial charge in [0.25, 0.3) is 0 Å². The summed E-state index contributed by atoms with van der Waals surface area (Å²) in [6, 6.07) is 13.1. The first-order valence-electron chi connectivity index (χ1n) is 9.26. The van der Waals surface area contributed by atoms with E-state index < -0.39 is 0 Å². The van der Waals surface area contributed by atoms with Crippen molar-refractivity contribution in [3.8, 4) is 0 Å². The fourth-order valence-electron chi connectivity index (χ4n) is 3.95. The number of hydrogen-bond acceptors (Lipinski definition) is 4. The molecule has 2 saturated heterocycles. The number of carbonyl (C=O) groups excluding carboxylic acids is 1. The molecular weight excluding hydrogens is 326 g/mol. The van der Waals surface area contributed by atoms with E-state index >= 15 is 0 Å². The number of nitrogens with zero attached hydrogens (tertiary/aromatic N) is 3. The minimum atomic E-state index is 0.0913. The molecular formula is C21H25N3O2. The molecule has 0 aliphatic carbocycles. The highest BCUT2D eigenvalue weighted by Crippen LogP contribution is 2.33. The highest BCUT2D eigenvalue weighted by molar-refractivity contribution is 5.77. The lowest BCUT2D eigenvalue weighted by atomic mass is 9.91. The number of hydrogen-bond donors (Lipinski definition) is 0. The summed E-state index contributed by atoms with van der Waals surface area (Å²) in [4.78, 5) is 20.5. The van der Waals surface area contributed by atoms with Crippen molar-refractivity contribution >= 4 is 11.6 Å². The van der Waals surface area contributed by atoms with Gasteiger partial charge in [-0.05, 0) is 35.7 Å². The Morgan fingerprint density at radius 2 is 1.92 bits per heavy atom. The lowest BCUT2D eigenvalue weighted by molar-refractivity contribution is -0.134. The minimum Gasteiger partial charge on any atom is -0.375 e. The Balaban J connectivity index is 1.33. The van der Waals surface area contributed by atoms with E-state index in [1.165, 1.54) is 16.8 Å². The maximum Gasteiger partial charge on any atom is 0.248 e. The molecule has 2 fully saturated rings. The Kier molecular flexibility index (Phi) is 4.89. The number of aromatic nitrogens is 1. The Morgan fingerprint density at radius 1 is 1.12 bits per heavy atom. The summed E-state index contributed by atoms with van der Waals surface area (Å²) in [5.74, 6) is 1.11. The van der Waals surface area contributed by atoms with Crippen LogP contribution in [0.1, 0.15) is 29.4 Å². The molecule has 1 aromatic carbocycles. The largest absolute Gasteiger partial charge is 0.375 e. The van der Waals surface area contributed by atoms with E-state index in [0.29, 0.717) is 11.8 Å². The monoisotopic (exact) mass is 351 g/mol. The smallest absolute Gasteiger partial charge is 0.248 e. The molecule has 0 radical (unpaired) electrons. The Morgan fingerprint density at radius 3 is 2.62 bits per heavy atom. The first kappa shape index (κ1) is 17.0. The summed E-state index contributed by atoms with van der Waals surface area (Å²) in [6.45, 7) is 3.90. The van der Waals surface area contributed by atoms with Crippen molar-refractivity contribution in [1.82, 2.24) is 9.88 Å². The summed E-state index contributed by atoms with van der Waals surface area (Å²) >= 11 is 0. The zero-order valence-corrected chi connectivity index (χ0v) is 15.2. The molecule has 1 unspecified atom stereocenters. The van der Waals surface area contributed by atoms with Gasteiger partial charge in [-0.25, -0.2) is 0 Å². The van der Waals surface area contributed by atoms with E-state index in [9.17, 15) is 4.79 Å². The van der Waals surface area contributed by atoms with Crippen LogP contribution in [-0.4, -0.2) is 55.7 Å². The normalized spacial score (nSPS) is 20.3. The van der Waals surface area contributed by atoms with Crippen LogP contribution in [0.2, 0.25) is 0 Å². The fraction of sp³-hybridized carbons (Fsp3) is 0.429. The van der Waals surface area contributed by atoms with Crippen molar-refractivity contribution in [2.75, 3.05) is 44.8 Å². The molecule has 1 aromatic heterocycles. The molecule has 5 nitrogen and oxygen atoms in total. The van der Waals surface area contributed by atoms with Crippen LogP contribution in [0, 0.1) is 0 Å². The van der Waals surface area contributed by atoms with Crippen LogP contribution in [0.25, 0.3) is 0 Å². The van der Waals surface area contributed by atoms with Crippen molar-refractivity contribution in [2.24, 2.45) is 0 Å². The molecule has 0 saturated carbocycles. The van der Waals surface area contributed by atoms with E-state index in [4.69, 9.17) is 4.74 Å². The standard InChI is InChI=1S/C21H25N3O2/c1-26-15-21(25)23-10-8-18(12-23)16-4-6-20(7-5-16)24-13-19(14-24)17-3-2-9-22-11-17/h2-7,9,11,18-19H,8,10,12-15H2,1H3. The van der Waals surface area contributed by atoms with E-state index in [-0.39, 0.29) is 12.5 Å². The molecule has 4 rings (SSSR count). The SMILES string of the molecule is COCC(=O)N1CCC(c2ccc(N3CC(c4cccnc4)C3)cc2)C1. The number of amides is 1. The number of carbonyl (C=O) groups is 1. The second kappa shape index (κ2) is 7.46. The van der Waals surface area contributed by atoms with Crippen molar-refractivity contribution in [3.05, 3.63) is 59.9 Å². The van der Waals surface area contributed by atoms with Crippen LogP contribution in [0.15, 0.2) is 48.8 Å². The van der Waals surface area contributed by atoms with Gasteiger partial charge in [-0.15, -0.1) is 0 Å². The van der Waals surface area contributed by atoms with E-state index in [0.717, 1.165) is 32.6 Å². The van der Waals surface area contributed by atoms with Crippen LogP contribution >= 0.6 is 0 Å². The molecule has 26 heavy (non-hydrogen) atoms. The molecule has 1 amide bonds. The maximum atomic E-state index is 11.9. The number of benzene rings is 1. The molecule has 136 valence electrons. The average molecular weight is 351 g/mol. The summed E-state index contributed by atoms with van der Waals surface area (Å²) in [6.07, 6.45) is 4.83. The molecule has 1 atom stereocenters. The van der Waals surface area contributed by atoms with Crippen molar-refractivity contribution in [1.29, 1.82) is 0 Å². The van der Waals surface area contributed by atoms with Gasteiger partial charge in [-0.3, -0.25) is 9.78 Å². The van der Waals surface area contributed by atoms with Crippen LogP contribution in [-0.2, 0) is 9.53 Å². The van der Waals surface area contributed by atoms with Gasteiger partial charge in [0.15, 0.2) is 0 Å². The molecule has 2 aliphatic heterocycles. The number of likely N-dealkylation sites (tertiary alicyclic amines) is 1. The van der Waals surface area contributed by atoms with Gasteiger partial charge in [-0.2, -0.15) is 0 Å². The van der Waals surface area contributed by atoms with Gasteiger partial charge in [-0.1, -0.05) is 18.2 Å². The second-order valence-electron chi connectivity index (χ2n) is 7.24. The third-order valence-corrected chi connectivity index (χ3v) is 5.58. The van der Waals surface area contributed by atoms with Crippen molar-refractivity contribution in [2.45, 2.75) is 18.3 Å². The molecule has 0 N–H and O–H groups in total. The average Bonchev–Trinajstić information content (AvgIpc) is 3.12. The summed E-state index contributed by atoms with van der Waals surface area (Å²) in [7, 11) is 1.57. The lowest BCUT2D eigenvalue weighted by Crippen LogP contribution is -2.45. The Labute approximate surface area is 154 Å². The number of methoxy groups -OCH3 is 1. The summed E-state index contributed by atoms with van der Waals surface area (Å²) in [5, 5.41) is 0. The Bertz CT molecular complexity index is 742. The minimum absolute atomic E-state index is 0.0913. The molecule has 5 heteroatoms. The molecule has 2 aliphatic rings. The second-order valence-corrected chi connectivity index (χ2v) is 7.24. The first-order chi connectivity index (χ1) is 12.7. The van der Waals surface area contributed by atoms with Crippen molar-refractivity contribution in [3.63, 3.8) is 0 Å². The molecule has 0 spiro atoms. The highest BCUT2D eigenvalue weighted by atomic mass is 16.5. The quantitative estimate of drug-likeness (QED) is 0.831. The topological polar surface area (TPSA) is 45.7 Å². The van der Waals surface area contributed by atoms with Crippen LogP contribution in [0.3, 0.4) is 0 Å². The number of pyridine rings is 1. The van der Waals surface area contributed by atoms with Gasteiger partial charge in [0.1, 0.15) is 6.61 Å². The predicted octanol–water partition coefficient (Wildman–Crippen LogP) is 2.65. The van der Waals surface area contributed by atoms with Gasteiger partial charge in [0.05, 0.1) is 0 Å². The van der Waals surface area contributed by atoms with E-state index in [1.54, 1.807) is 7.11 Å². The number of ether oxygens (including phenoxy) is 1. The predicted molar refractivity (Wildman–Crippen MR) is 101 cm³/mol. The third-order valence-electron chi connectivity index (χ3n) is 5.58. The van der Waals surface area contributed by atoms with Gasteiger partial charge in [0.2, 0.25) is 5.91 Å². The van der Waals surface area contributed by atoms with Crippen LogP contribution < -0.4 is 4.90 Å². The molecule has 0 bridgehead atoms. The Hall–Kier alpha value is -2.40. The third kappa shape index (κ3) is 3.44. The number of rotatable bonds is 5. The first-order valence-corrected chi connectivity index (χ1v) is 9.26. The van der Waals surface area contributed by atoms with E-state index in [2.05, 4.69) is 40.2 Å². The van der Waals surface area contributed by atoms with Crippen LogP contribution in [0.4, 0.5) is 5.69 Å². The maximum absolute atomic E-state index is 11.9. The van der Waals surface area contributed by atoms with Gasteiger partial charge < -0.3 is 14.5 Å². The van der Waals surface area contributed by atoms with E-state index in [1.807, 2.05) is 23.4 Å². The summed E-state index contributed by atoms with van der Waals surface area (Å²) in [5.41, 5.74) is 3.93. The highest BCUT2D eigenvalue weighted by Gasteiger charge is 2.29. The lowest BCUT2D eigenvalue weighted by Gasteiger charge is -2.41. The zero-order valence-electron chi connectivity index (χ0n) is 15.2. The van der Waals surface area contributed by atoms with Gasteiger partial charge >= 0.3 is 0 Å².